The Bertz CT molecular complexity index is 991. The number of carbonyl (C=O) groups excluding carboxylic acids is 2. The fourth-order valence-electron chi connectivity index (χ4n) is 4.99. The maximum atomic E-state index is 12.7. The highest BCUT2D eigenvalue weighted by Gasteiger charge is 2.33. The molecule has 2 aromatic carbocycles. The summed E-state index contributed by atoms with van der Waals surface area (Å²) in [5.41, 5.74) is 4.68. The summed E-state index contributed by atoms with van der Waals surface area (Å²) in [6.07, 6.45) is 1.51. The first-order valence-corrected chi connectivity index (χ1v) is 11.6. The standard InChI is InChI=1S/C26H30N2O5/c1-17(25(31)28-14-6-7-18(28)15-24(29)30)12-13-27-26(32)33-16-23-21-10-4-2-8-19(21)20-9-3-5-11-22(20)23/h2-5,8-11,17-18,23H,6-7,12-16H2,1H3,(H,27,32)(H,29,30)/t17?,18-/m0/s1. The van der Waals surface area contributed by atoms with E-state index in [0.29, 0.717) is 19.5 Å². The van der Waals surface area contributed by atoms with Gasteiger partial charge in [0.05, 0.1) is 6.42 Å². The Balaban J connectivity index is 1.25. The number of carbonyl (C=O) groups is 3. The number of likely N-dealkylation sites (tertiary alicyclic amines) is 1. The summed E-state index contributed by atoms with van der Waals surface area (Å²) in [7, 11) is 0. The van der Waals surface area contributed by atoms with Crippen molar-refractivity contribution in [1.82, 2.24) is 10.2 Å². The third kappa shape index (κ3) is 5.02. The van der Waals surface area contributed by atoms with E-state index in [1.165, 1.54) is 11.1 Å². The Kier molecular flexibility index (Phi) is 6.96. The molecule has 1 unspecified atom stereocenters. The second-order valence-electron chi connectivity index (χ2n) is 8.87. The van der Waals surface area contributed by atoms with Crippen molar-refractivity contribution >= 4 is 18.0 Å². The maximum absolute atomic E-state index is 12.7. The molecule has 0 radical (unpaired) electrons. The van der Waals surface area contributed by atoms with Crippen LogP contribution in [0.25, 0.3) is 11.1 Å². The largest absolute Gasteiger partial charge is 0.481 e. The number of carboxylic acids is 1. The van der Waals surface area contributed by atoms with Gasteiger partial charge in [-0.1, -0.05) is 55.5 Å². The van der Waals surface area contributed by atoms with Crippen molar-refractivity contribution in [1.29, 1.82) is 0 Å². The monoisotopic (exact) mass is 450 g/mol. The number of nitrogens with zero attached hydrogens (tertiary/aromatic N) is 1. The van der Waals surface area contributed by atoms with E-state index >= 15 is 0 Å². The highest BCUT2D eigenvalue weighted by atomic mass is 16.5. The molecule has 2 amide bonds. The number of benzene rings is 2. The second-order valence-corrected chi connectivity index (χ2v) is 8.87. The Morgan fingerprint density at radius 2 is 1.73 bits per heavy atom. The van der Waals surface area contributed by atoms with Crippen LogP contribution in [0.5, 0.6) is 0 Å². The fraction of sp³-hybridized carbons (Fsp3) is 0.423. The number of rotatable bonds is 8. The van der Waals surface area contributed by atoms with Gasteiger partial charge in [-0.15, -0.1) is 0 Å². The van der Waals surface area contributed by atoms with Gasteiger partial charge in [-0.3, -0.25) is 9.59 Å². The van der Waals surface area contributed by atoms with E-state index in [1.54, 1.807) is 4.90 Å². The molecule has 33 heavy (non-hydrogen) atoms. The number of amides is 2. The summed E-state index contributed by atoms with van der Waals surface area (Å²) in [6.45, 7) is 2.98. The zero-order chi connectivity index (χ0) is 23.4. The van der Waals surface area contributed by atoms with Gasteiger partial charge in [0.1, 0.15) is 6.61 Å². The van der Waals surface area contributed by atoms with Crippen molar-refractivity contribution < 1.29 is 24.2 Å². The highest BCUT2D eigenvalue weighted by Crippen LogP contribution is 2.44. The van der Waals surface area contributed by atoms with Crippen LogP contribution in [0.1, 0.15) is 49.7 Å². The fourth-order valence-corrected chi connectivity index (χ4v) is 4.99. The molecule has 1 saturated heterocycles. The molecule has 0 bridgehead atoms. The van der Waals surface area contributed by atoms with E-state index in [9.17, 15) is 14.4 Å². The number of carboxylic acid groups (broad SMARTS) is 1. The van der Waals surface area contributed by atoms with E-state index in [2.05, 4.69) is 29.6 Å². The molecule has 0 aromatic heterocycles. The first kappa shape index (κ1) is 22.8. The summed E-state index contributed by atoms with van der Waals surface area (Å²) in [6, 6.07) is 16.1. The molecule has 0 saturated carbocycles. The lowest BCUT2D eigenvalue weighted by Crippen LogP contribution is -2.40. The molecule has 174 valence electrons. The summed E-state index contributed by atoms with van der Waals surface area (Å²) < 4.78 is 5.53. The predicted molar refractivity (Wildman–Crippen MR) is 124 cm³/mol. The molecular weight excluding hydrogens is 420 g/mol. The zero-order valence-corrected chi connectivity index (χ0v) is 18.8. The lowest BCUT2D eigenvalue weighted by Gasteiger charge is -2.26. The number of aliphatic carboxylic acids is 1. The van der Waals surface area contributed by atoms with Crippen molar-refractivity contribution in [3.8, 4) is 11.1 Å². The minimum absolute atomic E-state index is 0.00462. The van der Waals surface area contributed by atoms with Crippen molar-refractivity contribution in [2.24, 2.45) is 5.92 Å². The number of hydrogen-bond acceptors (Lipinski definition) is 4. The van der Waals surface area contributed by atoms with Crippen LogP contribution in [0.15, 0.2) is 48.5 Å². The van der Waals surface area contributed by atoms with Gasteiger partial charge in [0, 0.05) is 31.0 Å². The van der Waals surface area contributed by atoms with Crippen LogP contribution in [-0.2, 0) is 14.3 Å². The van der Waals surface area contributed by atoms with E-state index in [1.807, 2.05) is 31.2 Å². The van der Waals surface area contributed by atoms with Gasteiger partial charge in [-0.2, -0.15) is 0 Å². The SMILES string of the molecule is CC(CCNC(=O)OCC1c2ccccc2-c2ccccc21)C(=O)N1CCC[C@H]1CC(=O)O. The van der Waals surface area contributed by atoms with Crippen LogP contribution in [0.2, 0.25) is 0 Å². The van der Waals surface area contributed by atoms with Gasteiger partial charge in [0.2, 0.25) is 5.91 Å². The third-order valence-corrected chi connectivity index (χ3v) is 6.68. The Labute approximate surface area is 193 Å². The summed E-state index contributed by atoms with van der Waals surface area (Å²) >= 11 is 0. The minimum atomic E-state index is -0.885. The van der Waals surface area contributed by atoms with Crippen LogP contribution in [0.3, 0.4) is 0 Å². The quantitative estimate of drug-likeness (QED) is 0.633. The summed E-state index contributed by atoms with van der Waals surface area (Å²) in [4.78, 5) is 37.8. The van der Waals surface area contributed by atoms with Gasteiger partial charge in [0.25, 0.3) is 0 Å². The highest BCUT2D eigenvalue weighted by molar-refractivity contribution is 5.80. The molecule has 1 aliphatic carbocycles. The Morgan fingerprint density at radius 1 is 1.09 bits per heavy atom. The third-order valence-electron chi connectivity index (χ3n) is 6.68. The summed E-state index contributed by atoms with van der Waals surface area (Å²) in [5, 5.41) is 11.8. The lowest BCUT2D eigenvalue weighted by atomic mass is 9.98. The minimum Gasteiger partial charge on any atom is -0.481 e. The van der Waals surface area contributed by atoms with Crippen LogP contribution < -0.4 is 5.32 Å². The van der Waals surface area contributed by atoms with E-state index in [0.717, 1.165) is 24.0 Å². The number of hydrogen-bond donors (Lipinski definition) is 2. The number of nitrogens with one attached hydrogen (secondary N) is 1. The molecule has 7 heteroatoms. The number of fused-ring (bicyclic) bond motifs is 3. The smallest absolute Gasteiger partial charge is 0.407 e. The van der Waals surface area contributed by atoms with Crippen molar-refractivity contribution in [2.45, 2.75) is 44.6 Å². The second kappa shape index (κ2) is 10.1. The Hall–Kier alpha value is -3.35. The maximum Gasteiger partial charge on any atom is 0.407 e. The molecule has 2 aromatic rings. The van der Waals surface area contributed by atoms with E-state index in [-0.39, 0.29) is 36.8 Å². The van der Waals surface area contributed by atoms with Gasteiger partial charge < -0.3 is 20.1 Å². The van der Waals surface area contributed by atoms with Crippen molar-refractivity contribution in [3.05, 3.63) is 59.7 Å². The van der Waals surface area contributed by atoms with Gasteiger partial charge >= 0.3 is 12.1 Å². The molecule has 2 atom stereocenters. The van der Waals surface area contributed by atoms with Gasteiger partial charge in [0.15, 0.2) is 0 Å². The van der Waals surface area contributed by atoms with Crippen LogP contribution in [0.4, 0.5) is 4.79 Å². The van der Waals surface area contributed by atoms with Crippen LogP contribution in [-0.4, -0.2) is 53.7 Å². The average molecular weight is 451 g/mol. The number of ether oxygens (including phenoxy) is 1. The summed E-state index contributed by atoms with van der Waals surface area (Å²) in [5.74, 6) is -1.23. The van der Waals surface area contributed by atoms with Gasteiger partial charge in [-0.05, 0) is 41.5 Å². The molecule has 2 aliphatic rings. The van der Waals surface area contributed by atoms with Crippen LogP contribution in [0, 0.1) is 5.92 Å². The predicted octanol–water partition coefficient (Wildman–Crippen LogP) is 4.02. The first-order valence-electron chi connectivity index (χ1n) is 11.6. The topological polar surface area (TPSA) is 95.9 Å². The molecule has 4 rings (SSSR count). The molecule has 0 spiro atoms. The first-order chi connectivity index (χ1) is 16.0. The molecule has 1 fully saturated rings. The lowest BCUT2D eigenvalue weighted by molar-refractivity contribution is -0.141. The van der Waals surface area contributed by atoms with Crippen molar-refractivity contribution in [3.63, 3.8) is 0 Å². The van der Waals surface area contributed by atoms with Gasteiger partial charge in [-0.25, -0.2) is 4.79 Å². The number of alkyl carbamates (subject to hydrolysis) is 1. The van der Waals surface area contributed by atoms with E-state index in [4.69, 9.17) is 9.84 Å². The molecular formula is C26H30N2O5. The molecule has 1 aliphatic heterocycles. The molecule has 7 nitrogen and oxygen atoms in total. The van der Waals surface area contributed by atoms with Crippen LogP contribution >= 0.6 is 0 Å². The Morgan fingerprint density at radius 3 is 2.36 bits per heavy atom. The average Bonchev–Trinajstić information content (AvgIpc) is 3.39. The van der Waals surface area contributed by atoms with Crippen molar-refractivity contribution in [2.75, 3.05) is 19.7 Å². The zero-order valence-electron chi connectivity index (χ0n) is 18.8. The normalized spacial score (nSPS) is 17.8. The molecule has 1 heterocycles. The molecule has 2 N–H and O–H groups in total. The van der Waals surface area contributed by atoms with E-state index < -0.39 is 12.1 Å².